The van der Waals surface area contributed by atoms with E-state index in [0.29, 0.717) is 5.75 Å². The van der Waals surface area contributed by atoms with E-state index in [4.69, 9.17) is 0 Å². The highest BCUT2D eigenvalue weighted by Gasteiger charge is 1.95. The molecule has 0 saturated carbocycles. The van der Waals surface area contributed by atoms with E-state index in [1.165, 1.54) is 11.8 Å². The van der Waals surface area contributed by atoms with Gasteiger partial charge in [-0.15, -0.1) is 0 Å². The quantitative estimate of drug-likeness (QED) is 0.712. The number of benzene rings is 1. The van der Waals surface area contributed by atoms with Crippen LogP contribution in [-0.2, 0) is 5.75 Å². The summed E-state index contributed by atoms with van der Waals surface area (Å²) >= 11 is 4.86. The van der Waals surface area contributed by atoms with Crippen LogP contribution < -0.4 is 0 Å². The van der Waals surface area contributed by atoms with Crippen LogP contribution >= 0.6 is 24.4 Å². The minimum Gasteiger partial charge on any atom is -0.275 e. The Hall–Kier alpha value is -0.410. The fourth-order valence-electron chi connectivity index (χ4n) is 0.719. The predicted octanol–water partition coefficient (Wildman–Crippen LogP) is 2.97. The topological polar surface area (TPSA) is 17.1 Å². The molecular formula is C8H8OS2. The van der Waals surface area contributed by atoms with E-state index in [2.05, 4.69) is 12.6 Å². The van der Waals surface area contributed by atoms with Crippen molar-refractivity contribution in [3.63, 3.8) is 0 Å². The lowest BCUT2D eigenvalue weighted by Gasteiger charge is -1.95. The average Bonchev–Trinajstić information content (AvgIpc) is 2.03. The zero-order valence-electron chi connectivity index (χ0n) is 5.86. The van der Waals surface area contributed by atoms with Crippen molar-refractivity contribution in [2.45, 2.75) is 5.75 Å². The van der Waals surface area contributed by atoms with Crippen molar-refractivity contribution in [1.82, 2.24) is 0 Å². The summed E-state index contributed by atoms with van der Waals surface area (Å²) in [6.07, 6.45) is 0. The Labute approximate surface area is 75.6 Å². The number of carbonyl (C=O) groups is 1. The number of carbonyl (C=O) groups excluding carboxylic acids is 1. The molecule has 0 bridgehead atoms. The Bertz CT molecular complexity index is 233. The summed E-state index contributed by atoms with van der Waals surface area (Å²) in [4.78, 5) is 10.4. The van der Waals surface area contributed by atoms with Gasteiger partial charge in [-0.25, -0.2) is 0 Å². The van der Waals surface area contributed by atoms with E-state index >= 15 is 0 Å². The highest BCUT2D eigenvalue weighted by molar-refractivity contribution is 8.31. The van der Waals surface area contributed by atoms with Gasteiger partial charge in [-0.1, -0.05) is 54.7 Å². The van der Waals surface area contributed by atoms with Gasteiger partial charge >= 0.3 is 0 Å². The smallest absolute Gasteiger partial charge is 0.243 e. The van der Waals surface area contributed by atoms with Crippen LogP contribution in [0.4, 0.5) is 4.79 Å². The first kappa shape index (κ1) is 8.68. The summed E-state index contributed by atoms with van der Waals surface area (Å²) in [6.45, 7) is 0. The molecule has 58 valence electrons. The van der Waals surface area contributed by atoms with Crippen molar-refractivity contribution >= 4 is 28.8 Å². The third kappa shape index (κ3) is 3.49. The second kappa shape index (κ2) is 4.46. The van der Waals surface area contributed by atoms with Gasteiger partial charge < -0.3 is 0 Å². The minimum atomic E-state index is -0.131. The van der Waals surface area contributed by atoms with Crippen LogP contribution in [0, 0.1) is 0 Å². The molecule has 11 heavy (non-hydrogen) atoms. The molecule has 1 aromatic rings. The van der Waals surface area contributed by atoms with Gasteiger partial charge in [0, 0.05) is 5.75 Å². The fraction of sp³-hybridized carbons (Fsp3) is 0.125. The molecule has 0 aliphatic carbocycles. The molecule has 0 atom stereocenters. The Kier molecular flexibility index (Phi) is 3.52. The zero-order chi connectivity index (χ0) is 8.10. The summed E-state index contributed by atoms with van der Waals surface area (Å²) in [5.74, 6) is 0.711. The Balaban J connectivity index is 2.45. The van der Waals surface area contributed by atoms with Crippen LogP contribution in [0.2, 0.25) is 0 Å². The highest BCUT2D eigenvalue weighted by Crippen LogP contribution is 2.14. The molecule has 0 aliphatic rings. The third-order valence-corrected chi connectivity index (χ3v) is 2.32. The minimum absolute atomic E-state index is 0.131. The number of thioether (sulfide) groups is 1. The maximum atomic E-state index is 10.4. The van der Waals surface area contributed by atoms with Crippen LogP contribution in [0.25, 0.3) is 0 Å². The molecule has 1 aromatic carbocycles. The molecule has 0 radical (unpaired) electrons. The molecule has 0 saturated heterocycles. The molecule has 0 fully saturated rings. The first-order chi connectivity index (χ1) is 5.29. The number of hydrogen-bond donors (Lipinski definition) is 1. The molecule has 0 amide bonds. The van der Waals surface area contributed by atoms with Crippen molar-refractivity contribution in [2.75, 3.05) is 0 Å². The SMILES string of the molecule is O=C(S)SCc1ccccc1. The molecular weight excluding hydrogens is 176 g/mol. The molecule has 0 spiro atoms. The molecule has 3 heteroatoms. The highest BCUT2D eigenvalue weighted by atomic mass is 32.2. The maximum Gasteiger partial charge on any atom is 0.243 e. The number of hydrogen-bond acceptors (Lipinski definition) is 2. The third-order valence-electron chi connectivity index (χ3n) is 1.21. The molecule has 0 aromatic heterocycles. The Morgan fingerprint density at radius 1 is 1.36 bits per heavy atom. The first-order valence-electron chi connectivity index (χ1n) is 3.18. The Morgan fingerprint density at radius 3 is 2.55 bits per heavy atom. The van der Waals surface area contributed by atoms with Gasteiger partial charge in [0.25, 0.3) is 0 Å². The van der Waals surface area contributed by atoms with E-state index in [1.54, 1.807) is 0 Å². The number of rotatable bonds is 2. The van der Waals surface area contributed by atoms with E-state index in [1.807, 2.05) is 30.3 Å². The monoisotopic (exact) mass is 184 g/mol. The van der Waals surface area contributed by atoms with E-state index in [9.17, 15) is 4.79 Å². The van der Waals surface area contributed by atoms with Crippen LogP contribution in [0.15, 0.2) is 30.3 Å². The second-order valence-corrected chi connectivity index (χ2v) is 3.70. The van der Waals surface area contributed by atoms with Crippen LogP contribution in [0.3, 0.4) is 0 Å². The normalized spacial score (nSPS) is 9.55. The van der Waals surface area contributed by atoms with Gasteiger partial charge in [-0.05, 0) is 5.56 Å². The summed E-state index contributed by atoms with van der Waals surface area (Å²) < 4.78 is -0.131. The molecule has 0 heterocycles. The maximum absolute atomic E-state index is 10.4. The molecule has 1 nitrogen and oxygen atoms in total. The first-order valence-corrected chi connectivity index (χ1v) is 4.62. The summed E-state index contributed by atoms with van der Waals surface area (Å²) in [6, 6.07) is 9.85. The van der Waals surface area contributed by atoms with Gasteiger partial charge in [-0.3, -0.25) is 4.79 Å². The Morgan fingerprint density at radius 2 is 2.00 bits per heavy atom. The van der Waals surface area contributed by atoms with Gasteiger partial charge in [0.2, 0.25) is 4.45 Å². The lowest BCUT2D eigenvalue weighted by molar-refractivity contribution is 0.277. The molecule has 0 aliphatic heterocycles. The van der Waals surface area contributed by atoms with Gasteiger partial charge in [0.05, 0.1) is 0 Å². The summed E-state index contributed by atoms with van der Waals surface area (Å²) in [5.41, 5.74) is 1.15. The number of thiol groups is 1. The van der Waals surface area contributed by atoms with Crippen LogP contribution in [-0.4, -0.2) is 4.45 Å². The van der Waals surface area contributed by atoms with Gasteiger partial charge in [0.1, 0.15) is 0 Å². The fourth-order valence-corrected chi connectivity index (χ4v) is 1.40. The summed E-state index contributed by atoms with van der Waals surface area (Å²) in [7, 11) is 0. The van der Waals surface area contributed by atoms with E-state index in [0.717, 1.165) is 5.56 Å². The predicted molar refractivity (Wildman–Crippen MR) is 52.1 cm³/mol. The summed E-state index contributed by atoms with van der Waals surface area (Å²) in [5, 5.41) is 0. The van der Waals surface area contributed by atoms with Gasteiger partial charge in [-0.2, -0.15) is 0 Å². The lowest BCUT2D eigenvalue weighted by Crippen LogP contribution is -1.80. The van der Waals surface area contributed by atoms with Crippen LogP contribution in [0.1, 0.15) is 5.56 Å². The van der Waals surface area contributed by atoms with Crippen molar-refractivity contribution in [3.8, 4) is 0 Å². The molecule has 0 N–H and O–H groups in total. The standard InChI is InChI=1S/C8H8OS2/c9-8(10)11-6-7-4-2-1-3-5-7/h1-5H,6H2,(H,9,10). The van der Waals surface area contributed by atoms with Crippen molar-refractivity contribution in [2.24, 2.45) is 0 Å². The van der Waals surface area contributed by atoms with Crippen molar-refractivity contribution in [1.29, 1.82) is 0 Å². The zero-order valence-corrected chi connectivity index (χ0v) is 7.57. The molecule has 0 unspecified atom stereocenters. The largest absolute Gasteiger partial charge is 0.275 e. The second-order valence-electron chi connectivity index (χ2n) is 2.04. The van der Waals surface area contributed by atoms with E-state index in [-0.39, 0.29) is 4.45 Å². The van der Waals surface area contributed by atoms with Crippen LogP contribution in [0.5, 0.6) is 0 Å². The lowest BCUT2D eigenvalue weighted by atomic mass is 10.2. The average molecular weight is 184 g/mol. The molecule has 1 rings (SSSR count). The van der Waals surface area contributed by atoms with Crippen molar-refractivity contribution < 1.29 is 4.79 Å². The van der Waals surface area contributed by atoms with Gasteiger partial charge in [0.15, 0.2) is 0 Å². The van der Waals surface area contributed by atoms with Crippen molar-refractivity contribution in [3.05, 3.63) is 35.9 Å². The van der Waals surface area contributed by atoms with E-state index < -0.39 is 0 Å².